The second kappa shape index (κ2) is 12.6. The van der Waals surface area contributed by atoms with E-state index < -0.39 is 47.2 Å². The molecule has 0 bridgehead atoms. The number of aromatic nitrogens is 4. The first-order valence-electron chi connectivity index (χ1n) is 15.0. The van der Waals surface area contributed by atoms with Crippen molar-refractivity contribution in [2.24, 2.45) is 0 Å². The van der Waals surface area contributed by atoms with E-state index in [4.69, 9.17) is 29.5 Å². The predicted molar refractivity (Wildman–Crippen MR) is 166 cm³/mol. The SMILES string of the molecule is C#C[C@]1(CC)O[C@@H](n2cnc3c(NCc4oc(=O)oc4C)nc(F)nc32)C[C@@H]1OC(=O)CC(C)(C)c1c(C)cc(C)cc1OC(C)=O. The molecule has 14 heteroatoms. The van der Waals surface area contributed by atoms with E-state index in [9.17, 15) is 18.8 Å². The quantitative estimate of drug-likeness (QED) is 0.107. The summed E-state index contributed by atoms with van der Waals surface area (Å²) in [4.78, 5) is 48.9. The number of carbonyl (C=O) groups is 2. The van der Waals surface area contributed by atoms with Gasteiger partial charge in [-0.05, 0) is 44.4 Å². The van der Waals surface area contributed by atoms with Crippen molar-refractivity contribution in [3.63, 3.8) is 0 Å². The number of rotatable bonds is 10. The fourth-order valence-corrected chi connectivity index (χ4v) is 6.20. The lowest BCUT2D eigenvalue weighted by molar-refractivity contribution is -0.157. The van der Waals surface area contributed by atoms with Gasteiger partial charge in [-0.1, -0.05) is 32.8 Å². The zero-order chi connectivity index (χ0) is 34.3. The molecule has 1 saturated heterocycles. The van der Waals surface area contributed by atoms with Crippen LogP contribution in [0.1, 0.15) is 81.4 Å². The van der Waals surface area contributed by atoms with Crippen molar-refractivity contribution < 1.29 is 37.0 Å². The third-order valence-electron chi connectivity index (χ3n) is 8.24. The number of nitrogens with one attached hydrogen (secondary N) is 1. The fourth-order valence-electron chi connectivity index (χ4n) is 6.20. The van der Waals surface area contributed by atoms with E-state index in [2.05, 4.69) is 26.2 Å². The zero-order valence-corrected chi connectivity index (χ0v) is 27.2. The van der Waals surface area contributed by atoms with Gasteiger partial charge < -0.3 is 28.4 Å². The van der Waals surface area contributed by atoms with Crippen LogP contribution < -0.4 is 15.9 Å². The van der Waals surface area contributed by atoms with Gasteiger partial charge in [-0.3, -0.25) is 14.2 Å². The van der Waals surface area contributed by atoms with Crippen LogP contribution in [0.2, 0.25) is 0 Å². The van der Waals surface area contributed by atoms with Gasteiger partial charge in [0.05, 0.1) is 19.3 Å². The Balaban J connectivity index is 1.38. The monoisotopic (exact) mass is 649 g/mol. The Kier molecular flexibility index (Phi) is 8.96. The molecule has 0 amide bonds. The maximum absolute atomic E-state index is 14.7. The van der Waals surface area contributed by atoms with E-state index in [0.29, 0.717) is 12.2 Å². The summed E-state index contributed by atoms with van der Waals surface area (Å²) in [6, 6.07) is 3.73. The number of anilines is 1. The van der Waals surface area contributed by atoms with E-state index in [1.807, 2.05) is 40.7 Å². The molecule has 0 spiro atoms. The highest BCUT2D eigenvalue weighted by Crippen LogP contribution is 2.43. The number of hydrogen-bond donors (Lipinski definition) is 1. The van der Waals surface area contributed by atoms with Crippen molar-refractivity contribution >= 4 is 28.9 Å². The van der Waals surface area contributed by atoms with E-state index in [0.717, 1.165) is 16.7 Å². The Morgan fingerprint density at radius 2 is 1.98 bits per heavy atom. The van der Waals surface area contributed by atoms with Gasteiger partial charge in [-0.2, -0.15) is 14.4 Å². The van der Waals surface area contributed by atoms with Crippen molar-refractivity contribution in [3.05, 3.63) is 63.4 Å². The number of ether oxygens (including phenoxy) is 3. The Bertz CT molecular complexity index is 1950. The maximum atomic E-state index is 14.7. The standard InChI is InChI=1S/C33H36FN5O8/c1-9-33(10-2)23(46-25(41)14-32(7,8)26-18(4)11-17(3)12-21(26)44-20(6)40)13-24(47-33)39-16-36-27-28(37-30(34)38-29(27)39)35-15-22-19(5)43-31(42)45-22/h1,11-12,16,23-24H,10,13-15H2,2-8H3,(H,35,37,38)/t23-,24+,33+/m0/s1. The second-order valence-electron chi connectivity index (χ2n) is 12.2. The molecule has 47 heavy (non-hydrogen) atoms. The molecule has 4 heterocycles. The molecule has 1 aromatic carbocycles. The van der Waals surface area contributed by atoms with Crippen LogP contribution in [-0.2, 0) is 31.0 Å². The lowest BCUT2D eigenvalue weighted by Gasteiger charge is -2.31. The summed E-state index contributed by atoms with van der Waals surface area (Å²) in [5.41, 5.74) is 0.772. The number of imidazole rings is 1. The van der Waals surface area contributed by atoms with Crippen LogP contribution in [0.15, 0.2) is 32.1 Å². The van der Waals surface area contributed by atoms with Gasteiger partial charge in [0.25, 0.3) is 0 Å². The van der Waals surface area contributed by atoms with Gasteiger partial charge >= 0.3 is 23.8 Å². The Morgan fingerprint density at radius 1 is 1.23 bits per heavy atom. The molecule has 1 fully saturated rings. The number of esters is 2. The second-order valence-corrected chi connectivity index (χ2v) is 12.2. The first kappa shape index (κ1) is 33.3. The van der Waals surface area contributed by atoms with Gasteiger partial charge in [0.2, 0.25) is 0 Å². The summed E-state index contributed by atoms with van der Waals surface area (Å²) in [6.07, 6.45) is 5.09. The minimum absolute atomic E-state index is 0.0230. The van der Waals surface area contributed by atoms with Crippen molar-refractivity contribution in [3.8, 4) is 18.1 Å². The molecule has 13 nitrogen and oxygen atoms in total. The number of benzene rings is 1. The van der Waals surface area contributed by atoms with E-state index in [1.54, 1.807) is 13.0 Å². The summed E-state index contributed by atoms with van der Waals surface area (Å²) < 4.78 is 43.9. The summed E-state index contributed by atoms with van der Waals surface area (Å²) in [5.74, 6) is 1.76. The molecule has 1 N–H and O–H groups in total. The number of nitrogens with zero attached hydrogens (tertiary/aromatic N) is 4. The number of carbonyl (C=O) groups excluding carboxylic acids is 2. The lowest BCUT2D eigenvalue weighted by Crippen LogP contribution is -2.41. The highest BCUT2D eigenvalue weighted by atomic mass is 19.1. The summed E-state index contributed by atoms with van der Waals surface area (Å²) in [7, 11) is 0. The van der Waals surface area contributed by atoms with Crippen LogP contribution >= 0.6 is 0 Å². The topological polar surface area (TPSA) is 161 Å². The Labute approximate surface area is 269 Å². The zero-order valence-electron chi connectivity index (χ0n) is 27.2. The number of terminal acetylenes is 1. The maximum Gasteiger partial charge on any atom is 0.519 e. The summed E-state index contributed by atoms with van der Waals surface area (Å²) >= 11 is 0. The summed E-state index contributed by atoms with van der Waals surface area (Å²) in [5, 5.41) is 2.90. The van der Waals surface area contributed by atoms with E-state index in [1.165, 1.54) is 17.8 Å². The highest BCUT2D eigenvalue weighted by molar-refractivity contribution is 5.82. The van der Waals surface area contributed by atoms with Crippen molar-refractivity contribution in [2.75, 3.05) is 5.32 Å². The van der Waals surface area contributed by atoms with Gasteiger partial charge in [0.15, 0.2) is 28.3 Å². The van der Waals surface area contributed by atoms with Crippen LogP contribution in [0.4, 0.5) is 10.2 Å². The number of fused-ring (bicyclic) bond motifs is 1. The fraction of sp³-hybridized carbons (Fsp3) is 0.455. The molecule has 1 aliphatic rings. The molecular weight excluding hydrogens is 613 g/mol. The van der Waals surface area contributed by atoms with Crippen molar-refractivity contribution in [1.29, 1.82) is 0 Å². The third-order valence-corrected chi connectivity index (χ3v) is 8.24. The minimum atomic E-state index is -1.28. The molecule has 4 aromatic rings. The summed E-state index contributed by atoms with van der Waals surface area (Å²) in [6.45, 7) is 12.2. The van der Waals surface area contributed by atoms with Crippen LogP contribution in [0.25, 0.3) is 11.2 Å². The van der Waals surface area contributed by atoms with Gasteiger partial charge in [0.1, 0.15) is 23.8 Å². The first-order chi connectivity index (χ1) is 22.2. The minimum Gasteiger partial charge on any atom is -0.458 e. The molecule has 0 aliphatic carbocycles. The van der Waals surface area contributed by atoms with Crippen LogP contribution in [0.3, 0.4) is 0 Å². The van der Waals surface area contributed by atoms with E-state index in [-0.39, 0.29) is 47.9 Å². The first-order valence-corrected chi connectivity index (χ1v) is 15.0. The molecule has 3 aromatic heterocycles. The molecule has 1 aliphatic heterocycles. The molecule has 0 radical (unpaired) electrons. The van der Waals surface area contributed by atoms with Gasteiger partial charge in [-0.25, -0.2) is 9.78 Å². The third kappa shape index (κ3) is 6.62. The molecule has 0 unspecified atom stereocenters. The normalized spacial score (nSPS) is 19.5. The predicted octanol–water partition coefficient (Wildman–Crippen LogP) is 4.95. The van der Waals surface area contributed by atoms with Gasteiger partial charge in [-0.15, -0.1) is 6.42 Å². The van der Waals surface area contributed by atoms with Crippen molar-refractivity contribution in [2.45, 2.75) is 97.6 Å². The average molecular weight is 650 g/mol. The lowest BCUT2D eigenvalue weighted by atomic mass is 9.78. The van der Waals surface area contributed by atoms with E-state index >= 15 is 0 Å². The Hall–Kier alpha value is -5.03. The highest BCUT2D eigenvalue weighted by Gasteiger charge is 2.50. The van der Waals surface area contributed by atoms with Crippen LogP contribution in [0, 0.1) is 39.2 Å². The van der Waals surface area contributed by atoms with Crippen LogP contribution in [-0.4, -0.2) is 43.2 Å². The number of halogens is 1. The smallest absolute Gasteiger partial charge is 0.458 e. The molecule has 5 rings (SSSR count). The number of hydrogen-bond acceptors (Lipinski definition) is 12. The van der Waals surface area contributed by atoms with Gasteiger partial charge in [0, 0.05) is 24.3 Å². The molecule has 3 atom stereocenters. The van der Waals surface area contributed by atoms with Crippen molar-refractivity contribution in [1.82, 2.24) is 19.5 Å². The molecular formula is C33H36FN5O8. The molecule has 248 valence electrons. The largest absolute Gasteiger partial charge is 0.519 e. The average Bonchev–Trinajstić information content (AvgIpc) is 3.64. The number of aryl methyl sites for hydroxylation is 3. The Morgan fingerprint density at radius 3 is 2.62 bits per heavy atom. The van der Waals surface area contributed by atoms with Crippen LogP contribution in [0.5, 0.6) is 5.75 Å². The molecule has 0 saturated carbocycles.